The Kier molecular flexibility index (Phi) is 11.4. The number of amides is 2. The van der Waals surface area contributed by atoms with E-state index in [0.717, 1.165) is 36.8 Å². The highest BCUT2D eigenvalue weighted by atomic mass is 16.5. The van der Waals surface area contributed by atoms with Crippen LogP contribution in [0.4, 0.5) is 11.4 Å². The summed E-state index contributed by atoms with van der Waals surface area (Å²) in [5, 5.41) is 44.7. The van der Waals surface area contributed by atoms with Crippen molar-refractivity contribution in [2.75, 3.05) is 36.9 Å². The summed E-state index contributed by atoms with van der Waals surface area (Å²) >= 11 is 0. The van der Waals surface area contributed by atoms with Gasteiger partial charge in [-0.15, -0.1) is 0 Å². The molecule has 6 rings (SSSR count). The Morgan fingerprint density at radius 3 is 2.56 bits per heavy atom. The molecule has 264 valence electrons. The molecule has 2 amide bonds. The van der Waals surface area contributed by atoms with E-state index < -0.39 is 11.7 Å². The third kappa shape index (κ3) is 8.33. The number of hydrogen-bond donors (Lipinski definition) is 7. The van der Waals surface area contributed by atoms with Gasteiger partial charge in [0.2, 0.25) is 11.8 Å². The number of nitrogens with zero attached hydrogens (tertiary/aromatic N) is 1. The molecule has 7 N–H and O–H groups in total. The van der Waals surface area contributed by atoms with Crippen molar-refractivity contribution in [2.45, 2.75) is 63.2 Å². The first kappa shape index (κ1) is 35.1. The average Bonchev–Trinajstić information content (AvgIpc) is 3.62. The van der Waals surface area contributed by atoms with Crippen molar-refractivity contribution in [1.29, 1.82) is 0 Å². The van der Waals surface area contributed by atoms with Crippen LogP contribution in [0.25, 0.3) is 0 Å². The van der Waals surface area contributed by atoms with E-state index >= 15 is 0 Å². The van der Waals surface area contributed by atoms with Crippen molar-refractivity contribution in [1.82, 2.24) is 15.6 Å². The summed E-state index contributed by atoms with van der Waals surface area (Å²) in [6.45, 7) is 1.61. The normalized spacial score (nSPS) is 16.5. The molecule has 1 aromatic heterocycles. The number of oxazole rings is 1. The summed E-state index contributed by atoms with van der Waals surface area (Å²) in [5.74, 6) is 0.761. The number of aliphatic hydroxyl groups excluding tert-OH is 1. The lowest BCUT2D eigenvalue weighted by Crippen LogP contribution is -2.38. The highest BCUT2D eigenvalue weighted by Crippen LogP contribution is 2.44. The topological polar surface area (TPSA) is 178 Å². The number of ether oxygens (including phenoxy) is 1. The van der Waals surface area contributed by atoms with Gasteiger partial charge in [0.25, 0.3) is 5.91 Å². The number of benzene rings is 3. The third-order valence-electron chi connectivity index (χ3n) is 9.41. The highest BCUT2D eigenvalue weighted by molar-refractivity contribution is 5.97. The number of carbonyl (C=O) groups is 2. The maximum absolute atomic E-state index is 12.6. The van der Waals surface area contributed by atoms with Gasteiger partial charge in [-0.05, 0) is 48.2 Å². The van der Waals surface area contributed by atoms with Crippen LogP contribution in [0.3, 0.4) is 0 Å². The van der Waals surface area contributed by atoms with Crippen molar-refractivity contribution in [2.24, 2.45) is 5.92 Å². The van der Waals surface area contributed by atoms with Gasteiger partial charge in [0, 0.05) is 56.2 Å². The molecule has 2 atom stereocenters. The molecule has 1 aliphatic carbocycles. The number of anilines is 2. The van der Waals surface area contributed by atoms with Crippen LogP contribution < -0.4 is 26.0 Å². The van der Waals surface area contributed by atoms with Crippen LogP contribution in [0.2, 0.25) is 0 Å². The maximum atomic E-state index is 12.6. The minimum Gasteiger partial charge on any atom is -0.506 e. The molecule has 2 aliphatic rings. The van der Waals surface area contributed by atoms with E-state index in [0.29, 0.717) is 55.4 Å². The summed E-state index contributed by atoms with van der Waals surface area (Å²) < 4.78 is 11.6. The summed E-state index contributed by atoms with van der Waals surface area (Å²) in [4.78, 5) is 28.7. The zero-order chi connectivity index (χ0) is 34.9. The number of hydrogen-bond acceptors (Lipinski definition) is 10. The molecule has 4 aromatic rings. The molecule has 0 bridgehead atoms. The largest absolute Gasteiger partial charge is 0.506 e. The number of fused-ring (bicyclic) bond motifs is 1. The van der Waals surface area contributed by atoms with Crippen LogP contribution in [-0.4, -0.2) is 58.4 Å². The van der Waals surface area contributed by atoms with E-state index in [9.17, 15) is 24.9 Å². The van der Waals surface area contributed by atoms with E-state index in [-0.39, 0.29) is 48.1 Å². The molecule has 12 nitrogen and oxygen atoms in total. The second-order valence-corrected chi connectivity index (χ2v) is 13.0. The molecule has 0 saturated heterocycles. The number of phenolic OH excluding ortho intramolecular Hbond substituents is 1. The Labute approximate surface area is 291 Å². The number of phenols is 1. The van der Waals surface area contributed by atoms with Gasteiger partial charge in [-0.3, -0.25) is 9.59 Å². The monoisotopic (exact) mass is 683 g/mol. The minimum absolute atomic E-state index is 0.0565. The number of aliphatic hydroxyl groups is 2. The highest BCUT2D eigenvalue weighted by Gasteiger charge is 2.44. The SMILES string of the molecule is O=C(CCNCCc1cnc(C(O)(c2ccccc2)C2CCCCC2)o1)Nc1ccc(CNCC(O)c2ccc(O)c3c2OCC(=O)N3)cc1. The Balaban J connectivity index is 0.907. The predicted octanol–water partition coefficient (Wildman–Crippen LogP) is 4.51. The fourth-order valence-corrected chi connectivity index (χ4v) is 6.72. The number of aromatic nitrogens is 1. The fraction of sp³-hybridized carbons (Fsp3) is 0.395. The van der Waals surface area contributed by atoms with Crippen molar-refractivity contribution in [3.63, 3.8) is 0 Å². The lowest BCUT2D eigenvalue weighted by atomic mass is 9.73. The molecule has 12 heteroatoms. The van der Waals surface area contributed by atoms with Gasteiger partial charge in [0.15, 0.2) is 18.0 Å². The molecule has 2 unspecified atom stereocenters. The molecule has 0 radical (unpaired) electrons. The van der Waals surface area contributed by atoms with Crippen molar-refractivity contribution in [3.05, 3.63) is 101 Å². The summed E-state index contributed by atoms with van der Waals surface area (Å²) in [5.41, 5.74) is 1.83. The number of aromatic hydroxyl groups is 1. The first-order chi connectivity index (χ1) is 24.3. The molecule has 1 saturated carbocycles. The lowest BCUT2D eigenvalue weighted by molar-refractivity contribution is -0.118. The molecular formula is C38H45N5O7. The number of rotatable bonds is 15. The number of carbonyl (C=O) groups excluding carboxylic acids is 2. The van der Waals surface area contributed by atoms with Gasteiger partial charge < -0.3 is 45.7 Å². The fourth-order valence-electron chi connectivity index (χ4n) is 6.72. The smallest absolute Gasteiger partial charge is 0.262 e. The van der Waals surface area contributed by atoms with Crippen LogP contribution in [0.1, 0.15) is 73.0 Å². The molecule has 3 aromatic carbocycles. The predicted molar refractivity (Wildman–Crippen MR) is 188 cm³/mol. The van der Waals surface area contributed by atoms with Crippen molar-refractivity contribution in [3.8, 4) is 11.5 Å². The summed E-state index contributed by atoms with van der Waals surface area (Å²) in [7, 11) is 0. The van der Waals surface area contributed by atoms with E-state index in [4.69, 9.17) is 9.15 Å². The van der Waals surface area contributed by atoms with Crippen LogP contribution in [0.15, 0.2) is 77.3 Å². The van der Waals surface area contributed by atoms with Gasteiger partial charge in [0.05, 0.1) is 12.3 Å². The minimum atomic E-state index is -1.25. The van der Waals surface area contributed by atoms with Crippen LogP contribution in [-0.2, 0) is 28.2 Å². The van der Waals surface area contributed by atoms with Crippen LogP contribution in [0, 0.1) is 5.92 Å². The quantitative estimate of drug-likeness (QED) is 0.0697. The zero-order valence-electron chi connectivity index (χ0n) is 28.0. The number of nitrogens with one attached hydrogen (secondary N) is 4. The second kappa shape index (κ2) is 16.3. The standard InChI is InChI=1S/C38H45N5O7/c44-31-16-15-30(36-35(31)43-34(47)24-49-36)32(45)23-40-21-25-11-13-28(14-12-25)42-33(46)18-20-39-19-17-29-22-41-37(50-29)38(48,26-7-3-1-4-8-26)27-9-5-2-6-10-27/h1,3-4,7-8,11-16,22,27,32,39-40,44-45,48H,2,5-6,9-10,17-21,23-24H2,(H,42,46)(H,43,47). The Bertz CT molecular complexity index is 1740. The Hall–Kier alpha value is -4.75. The lowest BCUT2D eigenvalue weighted by Gasteiger charge is -2.36. The zero-order valence-corrected chi connectivity index (χ0v) is 28.0. The van der Waals surface area contributed by atoms with Gasteiger partial charge in [-0.2, -0.15) is 0 Å². The molecule has 2 heterocycles. The molecule has 0 spiro atoms. The molecular weight excluding hydrogens is 638 g/mol. The first-order valence-electron chi connectivity index (χ1n) is 17.3. The third-order valence-corrected chi connectivity index (χ3v) is 9.41. The van der Waals surface area contributed by atoms with E-state index in [2.05, 4.69) is 26.3 Å². The Morgan fingerprint density at radius 2 is 1.78 bits per heavy atom. The van der Waals surface area contributed by atoms with E-state index in [1.807, 2.05) is 54.6 Å². The van der Waals surface area contributed by atoms with Crippen LogP contribution in [0.5, 0.6) is 11.5 Å². The van der Waals surface area contributed by atoms with Gasteiger partial charge in [-0.25, -0.2) is 4.98 Å². The molecule has 1 fully saturated rings. The average molecular weight is 684 g/mol. The maximum Gasteiger partial charge on any atom is 0.262 e. The summed E-state index contributed by atoms with van der Waals surface area (Å²) in [6.07, 6.45) is 6.89. The molecule has 1 aliphatic heterocycles. The van der Waals surface area contributed by atoms with Gasteiger partial charge >= 0.3 is 0 Å². The van der Waals surface area contributed by atoms with E-state index in [1.54, 1.807) is 12.3 Å². The Morgan fingerprint density at radius 1 is 1.00 bits per heavy atom. The summed E-state index contributed by atoms with van der Waals surface area (Å²) in [6, 6.07) is 20.1. The van der Waals surface area contributed by atoms with Gasteiger partial charge in [0.1, 0.15) is 17.2 Å². The van der Waals surface area contributed by atoms with Crippen molar-refractivity contribution >= 4 is 23.2 Å². The molecule has 50 heavy (non-hydrogen) atoms. The van der Waals surface area contributed by atoms with Gasteiger partial charge in [-0.1, -0.05) is 61.7 Å². The first-order valence-corrected chi connectivity index (χ1v) is 17.3. The second-order valence-electron chi connectivity index (χ2n) is 13.0. The van der Waals surface area contributed by atoms with Crippen molar-refractivity contribution < 1.29 is 34.1 Å². The van der Waals surface area contributed by atoms with E-state index in [1.165, 1.54) is 12.5 Å². The van der Waals surface area contributed by atoms with Crippen LogP contribution >= 0.6 is 0 Å².